The van der Waals surface area contributed by atoms with E-state index in [0.29, 0.717) is 5.92 Å². The van der Waals surface area contributed by atoms with Crippen molar-refractivity contribution in [3.63, 3.8) is 0 Å². The molecule has 4 heteroatoms. The van der Waals surface area contributed by atoms with Crippen molar-refractivity contribution in [3.8, 4) is 33.4 Å². The second-order valence-electron chi connectivity index (χ2n) is 10.3. The molecular formula is C37H30Cl2SiZr. The van der Waals surface area contributed by atoms with Crippen LogP contribution in [0.4, 0.5) is 0 Å². The Kier molecular flexibility index (Phi) is 10.2. The second-order valence-corrected chi connectivity index (χ2v) is 15.3. The first-order valence-electron chi connectivity index (χ1n) is 13.7. The minimum Gasteiger partial charge on any atom is -0.184 e. The van der Waals surface area contributed by atoms with Crippen LogP contribution in [0.1, 0.15) is 30.9 Å². The molecule has 0 amide bonds. The molecule has 1 aliphatic rings. The zero-order valence-corrected chi connectivity index (χ0v) is 28.4. The van der Waals surface area contributed by atoms with Gasteiger partial charge in [0.2, 0.25) is 0 Å². The number of hydrogen-bond donors (Lipinski definition) is 0. The van der Waals surface area contributed by atoms with Gasteiger partial charge < -0.3 is 0 Å². The standard InChI is InChI=1S/C25H23.C12H7Si.2ClH.Zr/c1-17(2)21-15-20-14-13-18(3)25(24(20)16-21)23-12-8-7-11-22(23)19-9-5-4-6-10-19;1-3-7-11-9(5-1)10-6-2-4-8-12(10)13-11;;;/h4-17H,1-3H3;1-7H;2*1H;/q2*-1;;;+4/p-2. The fourth-order valence-corrected chi connectivity index (χ4v) is 6.71. The number of halogens is 2. The maximum Gasteiger partial charge on any atom is 0.0920 e. The van der Waals surface area contributed by atoms with Gasteiger partial charge in [0.05, 0.1) is 9.52 Å². The molecule has 0 atom stereocenters. The van der Waals surface area contributed by atoms with E-state index in [2.05, 4.69) is 142 Å². The van der Waals surface area contributed by atoms with Crippen LogP contribution in [0.2, 0.25) is 0 Å². The van der Waals surface area contributed by atoms with Gasteiger partial charge in [0.25, 0.3) is 0 Å². The summed E-state index contributed by atoms with van der Waals surface area (Å²) in [5.74, 6) is 0.546. The Morgan fingerprint density at radius 1 is 0.732 bits per heavy atom. The number of aryl methyl sites for hydroxylation is 1. The third kappa shape index (κ3) is 6.73. The van der Waals surface area contributed by atoms with E-state index in [9.17, 15) is 0 Å². The Morgan fingerprint density at radius 2 is 1.37 bits per heavy atom. The van der Waals surface area contributed by atoms with Crippen molar-refractivity contribution in [1.82, 2.24) is 0 Å². The third-order valence-electron chi connectivity index (χ3n) is 7.40. The van der Waals surface area contributed by atoms with Crippen LogP contribution >= 0.6 is 17.0 Å². The molecule has 0 unspecified atom stereocenters. The van der Waals surface area contributed by atoms with Crippen LogP contribution in [-0.4, -0.2) is 9.52 Å². The van der Waals surface area contributed by atoms with Gasteiger partial charge in [0.15, 0.2) is 0 Å². The van der Waals surface area contributed by atoms with E-state index >= 15 is 0 Å². The molecule has 6 aromatic carbocycles. The molecule has 0 spiro atoms. The summed E-state index contributed by atoms with van der Waals surface area (Å²) in [7, 11) is 10.7. The molecule has 1 heterocycles. The van der Waals surface area contributed by atoms with Gasteiger partial charge in [0, 0.05) is 0 Å². The summed E-state index contributed by atoms with van der Waals surface area (Å²) in [6.45, 7) is 6.75. The van der Waals surface area contributed by atoms with Crippen molar-refractivity contribution in [3.05, 3.63) is 139 Å². The first-order valence-corrected chi connectivity index (χ1v) is 21.0. The summed E-state index contributed by atoms with van der Waals surface area (Å²) in [5, 5.41) is 5.53. The second kappa shape index (κ2) is 14.0. The van der Waals surface area contributed by atoms with Crippen LogP contribution < -0.4 is 10.4 Å². The summed E-state index contributed by atoms with van der Waals surface area (Å²) in [6, 6.07) is 46.8. The molecular weight excluding hydrogens is 635 g/mol. The largest absolute Gasteiger partial charge is 0.184 e. The molecule has 7 rings (SSSR count). The molecule has 0 saturated carbocycles. The summed E-state index contributed by atoms with van der Waals surface area (Å²) in [5.41, 5.74) is 10.8. The van der Waals surface area contributed by atoms with E-state index in [0.717, 1.165) is 9.52 Å². The Bertz CT molecular complexity index is 1710. The van der Waals surface area contributed by atoms with Crippen LogP contribution in [0, 0.1) is 13.0 Å². The van der Waals surface area contributed by atoms with Gasteiger partial charge in [-0.15, -0.1) is 40.1 Å². The van der Waals surface area contributed by atoms with Gasteiger partial charge in [-0.05, 0) is 29.5 Å². The Labute approximate surface area is 265 Å². The van der Waals surface area contributed by atoms with Crippen molar-refractivity contribution in [2.24, 2.45) is 0 Å². The summed E-state index contributed by atoms with van der Waals surface area (Å²) >= 11 is -0.826. The number of hydrogen-bond acceptors (Lipinski definition) is 0. The normalized spacial score (nSPS) is 11.1. The van der Waals surface area contributed by atoms with Crippen molar-refractivity contribution in [2.45, 2.75) is 26.7 Å². The first-order chi connectivity index (χ1) is 20.0. The van der Waals surface area contributed by atoms with Gasteiger partial charge in [-0.2, -0.15) is 35.5 Å². The topological polar surface area (TPSA) is 0 Å². The minimum atomic E-state index is -0.826. The fourth-order valence-electron chi connectivity index (χ4n) is 5.40. The molecule has 200 valence electrons. The molecule has 0 nitrogen and oxygen atoms in total. The molecule has 2 radical (unpaired) electrons. The van der Waals surface area contributed by atoms with Crippen LogP contribution in [0.3, 0.4) is 0 Å². The number of rotatable bonds is 3. The zero-order chi connectivity index (χ0) is 28.8. The van der Waals surface area contributed by atoms with Crippen LogP contribution in [0.25, 0.3) is 44.2 Å². The molecule has 0 N–H and O–H groups in total. The van der Waals surface area contributed by atoms with E-state index in [1.54, 1.807) is 0 Å². The van der Waals surface area contributed by atoms with Gasteiger partial charge in [-0.25, -0.2) is 0 Å². The van der Waals surface area contributed by atoms with E-state index in [4.69, 9.17) is 17.0 Å². The van der Waals surface area contributed by atoms with Crippen LogP contribution in [-0.2, 0) is 20.8 Å². The maximum absolute atomic E-state index is 4.93. The molecule has 1 aliphatic heterocycles. The van der Waals surface area contributed by atoms with Crippen LogP contribution in [0.5, 0.6) is 0 Å². The quantitative estimate of drug-likeness (QED) is 0.130. The smallest absolute Gasteiger partial charge is 0.0920 e. The van der Waals surface area contributed by atoms with E-state index in [1.807, 2.05) is 6.07 Å². The molecule has 6 aromatic rings. The first kappa shape index (κ1) is 29.9. The van der Waals surface area contributed by atoms with Crippen LogP contribution in [0.15, 0.2) is 121 Å². The predicted molar refractivity (Wildman–Crippen MR) is 177 cm³/mol. The van der Waals surface area contributed by atoms with Gasteiger partial charge in [0.1, 0.15) is 0 Å². The van der Waals surface area contributed by atoms with Gasteiger partial charge >= 0.3 is 37.9 Å². The fraction of sp³-hybridized carbons (Fsp3) is 0.108. The van der Waals surface area contributed by atoms with E-state index in [1.165, 1.54) is 65.7 Å². The van der Waals surface area contributed by atoms with Crippen molar-refractivity contribution < 1.29 is 20.8 Å². The Morgan fingerprint density at radius 3 is 2.10 bits per heavy atom. The molecule has 0 bridgehead atoms. The van der Waals surface area contributed by atoms with E-state index < -0.39 is 20.8 Å². The molecule has 0 fully saturated rings. The molecule has 41 heavy (non-hydrogen) atoms. The van der Waals surface area contributed by atoms with Crippen molar-refractivity contribution >= 4 is 47.7 Å². The van der Waals surface area contributed by atoms with Gasteiger partial charge in [-0.3, -0.25) is 0 Å². The summed E-state index contributed by atoms with van der Waals surface area (Å²) in [6.07, 6.45) is 0. The average Bonchev–Trinajstić information content (AvgIpc) is 3.61. The van der Waals surface area contributed by atoms with E-state index in [-0.39, 0.29) is 0 Å². The summed E-state index contributed by atoms with van der Waals surface area (Å²) < 4.78 is 0. The number of benzene rings is 5. The number of fused-ring (bicyclic) bond motifs is 4. The molecule has 0 aromatic heterocycles. The SMILES string of the molecule is Cc1ccc2[cH-]c(C(C)C)cc2c1-c1ccccc1-c1ccccc1.[Cl][Zr+2][Cl].[c-]1cccc2c1[Si]c1ccccc1-2. The average molecular weight is 665 g/mol. The molecule has 0 aliphatic carbocycles. The maximum atomic E-state index is 4.93. The minimum absolute atomic E-state index is 0.546. The predicted octanol–water partition coefficient (Wildman–Crippen LogP) is 9.82. The van der Waals surface area contributed by atoms with Crippen molar-refractivity contribution in [1.29, 1.82) is 0 Å². The molecule has 0 saturated heterocycles. The van der Waals surface area contributed by atoms with Gasteiger partial charge in [-0.1, -0.05) is 115 Å². The zero-order valence-electron chi connectivity index (χ0n) is 23.4. The monoisotopic (exact) mass is 662 g/mol. The summed E-state index contributed by atoms with van der Waals surface area (Å²) in [4.78, 5) is 0. The Hall–Kier alpha value is -2.61. The third-order valence-corrected chi connectivity index (χ3v) is 8.77. The Balaban J connectivity index is 0.000000175. The van der Waals surface area contributed by atoms with Crippen molar-refractivity contribution in [2.75, 3.05) is 0 Å².